The molecule has 0 aliphatic carbocycles. The summed E-state index contributed by atoms with van der Waals surface area (Å²) < 4.78 is 17.7. The lowest BCUT2D eigenvalue weighted by atomic mass is 10.2. The molecule has 1 aromatic carbocycles. The van der Waals surface area contributed by atoms with Crippen LogP contribution in [-0.2, 0) is 9.53 Å². The number of nitrogens with zero attached hydrogens (tertiary/aromatic N) is 1. The molecule has 1 aromatic rings. The second-order valence-corrected chi connectivity index (χ2v) is 3.54. The first kappa shape index (κ1) is 15.3. The third-order valence-corrected chi connectivity index (χ3v) is 2.10. The molecule has 0 saturated heterocycles. The molecule has 20 heavy (non-hydrogen) atoms. The van der Waals surface area contributed by atoms with Crippen molar-refractivity contribution in [2.75, 3.05) is 18.5 Å². The van der Waals surface area contributed by atoms with E-state index in [4.69, 9.17) is 0 Å². The highest BCUT2D eigenvalue weighted by Gasteiger charge is 2.15. The third kappa shape index (κ3) is 4.52. The minimum atomic E-state index is -1.01. The zero-order chi connectivity index (χ0) is 15.1. The zero-order valence-corrected chi connectivity index (χ0v) is 10.5. The maximum atomic E-state index is 13.1. The second kappa shape index (κ2) is 7.02. The molecule has 0 unspecified atom stereocenters. The Morgan fingerprint density at radius 2 is 2.15 bits per heavy atom. The Hall–Kier alpha value is -2.71. The van der Waals surface area contributed by atoms with Gasteiger partial charge in [-0.1, -0.05) is 0 Å². The largest absolute Gasteiger partial charge is 0.465 e. The van der Waals surface area contributed by atoms with Gasteiger partial charge in [-0.2, -0.15) is 4.39 Å². The summed E-state index contributed by atoms with van der Waals surface area (Å²) in [4.78, 5) is 32.0. The number of anilines is 1. The molecule has 0 spiro atoms. The van der Waals surface area contributed by atoms with E-state index in [0.717, 1.165) is 18.2 Å². The first-order valence-electron chi connectivity index (χ1n) is 5.58. The van der Waals surface area contributed by atoms with Crippen molar-refractivity contribution < 1.29 is 23.6 Å². The van der Waals surface area contributed by atoms with E-state index in [1.165, 1.54) is 0 Å². The lowest BCUT2D eigenvalue weighted by molar-refractivity contribution is -0.387. The summed E-state index contributed by atoms with van der Waals surface area (Å²) in [5.41, 5.74) is -0.729. The number of halogens is 1. The molecular formula is C11H12FN3O5. The molecule has 0 aliphatic rings. The number of rotatable bonds is 5. The number of hydrogen-bond donors (Lipinski definition) is 2. The molecule has 108 valence electrons. The van der Waals surface area contributed by atoms with Crippen LogP contribution >= 0.6 is 0 Å². The Morgan fingerprint density at radius 3 is 2.75 bits per heavy atom. The Balaban J connectivity index is 2.60. The Kier molecular flexibility index (Phi) is 5.39. The minimum absolute atomic E-state index is 0.0273. The topological polar surface area (TPSA) is 111 Å². The third-order valence-electron chi connectivity index (χ3n) is 2.10. The van der Waals surface area contributed by atoms with Crippen LogP contribution in [0.3, 0.4) is 0 Å². The van der Waals surface area contributed by atoms with Gasteiger partial charge in [0.1, 0.15) is 6.54 Å². The number of benzene rings is 1. The van der Waals surface area contributed by atoms with Gasteiger partial charge in [0, 0.05) is 11.8 Å². The van der Waals surface area contributed by atoms with Crippen molar-refractivity contribution in [1.82, 2.24) is 5.32 Å². The van der Waals surface area contributed by atoms with E-state index in [9.17, 15) is 24.1 Å². The summed E-state index contributed by atoms with van der Waals surface area (Å²) in [6, 6.07) is 2.13. The predicted octanol–water partition coefficient (Wildman–Crippen LogP) is 1.42. The molecule has 0 heterocycles. The van der Waals surface area contributed by atoms with Gasteiger partial charge in [-0.05, 0) is 19.1 Å². The number of nitro benzene ring substituents is 1. The molecule has 2 amide bonds. The van der Waals surface area contributed by atoms with Crippen LogP contribution in [0.5, 0.6) is 0 Å². The number of esters is 1. The summed E-state index contributed by atoms with van der Waals surface area (Å²) in [6.45, 7) is 1.46. The zero-order valence-electron chi connectivity index (χ0n) is 10.5. The molecule has 0 atom stereocenters. The Morgan fingerprint density at radius 1 is 1.45 bits per heavy atom. The van der Waals surface area contributed by atoms with Gasteiger partial charge in [-0.15, -0.1) is 0 Å². The van der Waals surface area contributed by atoms with Crippen LogP contribution in [0.25, 0.3) is 0 Å². The Labute approximate surface area is 113 Å². The van der Waals surface area contributed by atoms with Crippen LogP contribution in [0, 0.1) is 15.9 Å². The van der Waals surface area contributed by atoms with E-state index >= 15 is 0 Å². The summed E-state index contributed by atoms with van der Waals surface area (Å²) in [6.07, 6.45) is 0. The van der Waals surface area contributed by atoms with Crippen molar-refractivity contribution in [2.24, 2.45) is 0 Å². The van der Waals surface area contributed by atoms with E-state index in [-0.39, 0.29) is 18.8 Å². The second-order valence-electron chi connectivity index (χ2n) is 3.54. The SMILES string of the molecule is CCOC(=O)CNC(=O)Nc1ccc(F)c([N+](=O)[O-])c1. The van der Waals surface area contributed by atoms with Crippen LogP contribution in [0.4, 0.5) is 20.6 Å². The predicted molar refractivity (Wildman–Crippen MR) is 66.7 cm³/mol. The van der Waals surface area contributed by atoms with Gasteiger partial charge in [0.2, 0.25) is 5.82 Å². The molecule has 0 bridgehead atoms. The number of carbonyl (C=O) groups excluding carboxylic acids is 2. The van der Waals surface area contributed by atoms with Crippen molar-refractivity contribution in [3.8, 4) is 0 Å². The minimum Gasteiger partial charge on any atom is -0.465 e. The molecular weight excluding hydrogens is 273 g/mol. The van der Waals surface area contributed by atoms with Crippen molar-refractivity contribution in [1.29, 1.82) is 0 Å². The molecule has 1 rings (SSSR count). The molecule has 9 heteroatoms. The highest BCUT2D eigenvalue weighted by atomic mass is 19.1. The van der Waals surface area contributed by atoms with Crippen LogP contribution in [0.1, 0.15) is 6.92 Å². The first-order valence-corrected chi connectivity index (χ1v) is 5.58. The molecule has 0 fully saturated rings. The fourth-order valence-corrected chi connectivity index (χ4v) is 1.27. The molecule has 8 nitrogen and oxygen atoms in total. The van der Waals surface area contributed by atoms with Crippen LogP contribution in [-0.4, -0.2) is 30.1 Å². The van der Waals surface area contributed by atoms with Crippen molar-refractivity contribution in [3.63, 3.8) is 0 Å². The average Bonchev–Trinajstić information content (AvgIpc) is 2.39. The van der Waals surface area contributed by atoms with Crippen LogP contribution in [0.2, 0.25) is 0 Å². The van der Waals surface area contributed by atoms with Crippen LogP contribution in [0.15, 0.2) is 18.2 Å². The van der Waals surface area contributed by atoms with Crippen molar-refractivity contribution >= 4 is 23.4 Å². The molecule has 2 N–H and O–H groups in total. The number of nitrogens with one attached hydrogen (secondary N) is 2. The highest BCUT2D eigenvalue weighted by Crippen LogP contribution is 2.21. The lowest BCUT2D eigenvalue weighted by Crippen LogP contribution is -2.34. The normalized spacial score (nSPS) is 9.70. The van der Waals surface area contributed by atoms with Gasteiger partial charge >= 0.3 is 17.7 Å². The number of urea groups is 1. The van der Waals surface area contributed by atoms with Gasteiger partial charge in [0.15, 0.2) is 0 Å². The number of amides is 2. The van der Waals surface area contributed by atoms with E-state index in [1.807, 2.05) is 0 Å². The summed E-state index contributed by atoms with van der Waals surface area (Å²) in [5.74, 6) is -1.62. The quantitative estimate of drug-likeness (QED) is 0.483. The van der Waals surface area contributed by atoms with Crippen molar-refractivity contribution in [3.05, 3.63) is 34.1 Å². The summed E-state index contributed by atoms with van der Waals surface area (Å²) in [7, 11) is 0. The molecule has 0 aromatic heterocycles. The molecule has 0 saturated carbocycles. The lowest BCUT2D eigenvalue weighted by Gasteiger charge is -2.07. The average molecular weight is 285 g/mol. The van der Waals surface area contributed by atoms with E-state index in [1.54, 1.807) is 6.92 Å². The van der Waals surface area contributed by atoms with E-state index in [2.05, 4.69) is 15.4 Å². The summed E-state index contributed by atoms with van der Waals surface area (Å²) in [5, 5.41) is 14.9. The monoisotopic (exact) mass is 285 g/mol. The number of ether oxygens (including phenoxy) is 1. The summed E-state index contributed by atoms with van der Waals surface area (Å²) >= 11 is 0. The van der Waals surface area contributed by atoms with Gasteiger partial charge in [0.25, 0.3) is 0 Å². The van der Waals surface area contributed by atoms with Gasteiger partial charge in [0.05, 0.1) is 11.5 Å². The Bertz CT molecular complexity index is 535. The number of hydrogen-bond acceptors (Lipinski definition) is 5. The highest BCUT2D eigenvalue weighted by molar-refractivity contribution is 5.91. The number of carbonyl (C=O) groups is 2. The van der Waals surface area contributed by atoms with E-state index in [0.29, 0.717) is 0 Å². The molecule has 0 aliphatic heterocycles. The fraction of sp³-hybridized carbons (Fsp3) is 0.273. The van der Waals surface area contributed by atoms with E-state index < -0.39 is 28.4 Å². The maximum Gasteiger partial charge on any atom is 0.325 e. The fourth-order valence-electron chi connectivity index (χ4n) is 1.27. The molecule has 0 radical (unpaired) electrons. The first-order chi connectivity index (χ1) is 9.43. The van der Waals surface area contributed by atoms with Gasteiger partial charge < -0.3 is 15.4 Å². The standard InChI is InChI=1S/C11H12FN3O5/c1-2-20-10(16)6-13-11(17)14-7-3-4-8(12)9(5-7)15(18)19/h3-5H,2,6H2,1H3,(H2,13,14,17). The number of nitro groups is 1. The van der Waals surface area contributed by atoms with Gasteiger partial charge in [-0.25, -0.2) is 4.79 Å². The maximum absolute atomic E-state index is 13.1. The smallest absolute Gasteiger partial charge is 0.325 e. The van der Waals surface area contributed by atoms with Gasteiger partial charge in [-0.3, -0.25) is 14.9 Å². The van der Waals surface area contributed by atoms with Crippen LogP contribution < -0.4 is 10.6 Å². The van der Waals surface area contributed by atoms with Crippen molar-refractivity contribution in [2.45, 2.75) is 6.92 Å².